The third-order valence-corrected chi connectivity index (χ3v) is 5.50. The van der Waals surface area contributed by atoms with Crippen LogP contribution in [0.25, 0.3) is 0 Å². The zero-order valence-electron chi connectivity index (χ0n) is 14.6. The van der Waals surface area contributed by atoms with E-state index in [9.17, 15) is 8.42 Å². The van der Waals surface area contributed by atoms with Gasteiger partial charge in [0.1, 0.15) is 5.75 Å². The summed E-state index contributed by atoms with van der Waals surface area (Å²) >= 11 is 0. The molecule has 0 spiro atoms. The minimum Gasteiger partial charge on any atom is -0.493 e. The Morgan fingerprint density at radius 3 is 2.52 bits per heavy atom. The average Bonchev–Trinajstić information content (AvgIpc) is 3.06. The van der Waals surface area contributed by atoms with Crippen LogP contribution in [-0.4, -0.2) is 15.0 Å². The van der Waals surface area contributed by atoms with Gasteiger partial charge in [-0.3, -0.25) is 0 Å². The molecule has 0 radical (unpaired) electrons. The molecule has 1 aliphatic rings. The van der Waals surface area contributed by atoms with E-state index in [2.05, 4.69) is 36.0 Å². The van der Waals surface area contributed by atoms with Gasteiger partial charge < -0.3 is 10.1 Å². The van der Waals surface area contributed by atoms with E-state index < -0.39 is 10.0 Å². The van der Waals surface area contributed by atoms with Crippen LogP contribution in [0.3, 0.4) is 0 Å². The van der Waals surface area contributed by atoms with Crippen LogP contribution < -0.4 is 14.8 Å². The summed E-state index contributed by atoms with van der Waals surface area (Å²) in [4.78, 5) is 0.243. The molecule has 0 fully saturated rings. The second-order valence-electron chi connectivity index (χ2n) is 6.71. The van der Waals surface area contributed by atoms with E-state index in [4.69, 9.17) is 4.74 Å². The van der Waals surface area contributed by atoms with Crippen LogP contribution >= 0.6 is 0 Å². The normalized spacial score (nSPS) is 13.9. The van der Waals surface area contributed by atoms with Crippen LogP contribution in [0.15, 0.2) is 47.4 Å². The second-order valence-corrected chi connectivity index (χ2v) is 8.47. The molecule has 0 saturated heterocycles. The van der Waals surface area contributed by atoms with Crippen LogP contribution in [0.2, 0.25) is 0 Å². The summed E-state index contributed by atoms with van der Waals surface area (Å²) in [5, 5.41) is 3.29. The molecule has 0 aliphatic carbocycles. The minimum atomic E-state index is -3.54. The molecule has 2 N–H and O–H groups in total. The highest BCUT2D eigenvalue weighted by Crippen LogP contribution is 2.19. The van der Waals surface area contributed by atoms with Crippen LogP contribution in [-0.2, 0) is 29.7 Å². The van der Waals surface area contributed by atoms with Crippen LogP contribution in [0.4, 0.5) is 0 Å². The first-order valence-corrected chi connectivity index (χ1v) is 9.96. The quantitative estimate of drug-likeness (QED) is 0.797. The van der Waals surface area contributed by atoms with Crippen molar-refractivity contribution >= 4 is 10.0 Å². The van der Waals surface area contributed by atoms with E-state index in [0.29, 0.717) is 18.3 Å². The smallest absolute Gasteiger partial charge is 0.240 e. The van der Waals surface area contributed by atoms with E-state index in [0.717, 1.165) is 18.7 Å². The van der Waals surface area contributed by atoms with Gasteiger partial charge in [0.2, 0.25) is 10.0 Å². The van der Waals surface area contributed by atoms with Crippen LogP contribution in [0, 0.1) is 5.92 Å². The lowest BCUT2D eigenvalue weighted by Gasteiger charge is -2.10. The Bertz CT molecular complexity index is 830. The number of benzene rings is 2. The minimum absolute atomic E-state index is 0.243. The van der Waals surface area contributed by atoms with Crippen molar-refractivity contribution < 1.29 is 13.2 Å². The fraction of sp³-hybridized carbons (Fsp3) is 0.368. The highest BCUT2D eigenvalue weighted by atomic mass is 32.2. The van der Waals surface area contributed by atoms with Crippen molar-refractivity contribution in [2.24, 2.45) is 5.92 Å². The fourth-order valence-corrected chi connectivity index (χ4v) is 3.72. The lowest BCUT2D eigenvalue weighted by molar-refractivity contribution is 0.271. The van der Waals surface area contributed by atoms with Crippen molar-refractivity contribution in [1.82, 2.24) is 10.0 Å². The molecule has 5 nitrogen and oxygen atoms in total. The molecule has 134 valence electrons. The largest absolute Gasteiger partial charge is 0.493 e. The van der Waals surface area contributed by atoms with Gasteiger partial charge in [-0.25, -0.2) is 13.1 Å². The number of rotatable bonds is 7. The number of hydrogen-bond acceptors (Lipinski definition) is 4. The van der Waals surface area contributed by atoms with Crippen molar-refractivity contribution in [1.29, 1.82) is 0 Å². The molecule has 2 aromatic rings. The van der Waals surface area contributed by atoms with Crippen molar-refractivity contribution in [3.8, 4) is 5.75 Å². The van der Waals surface area contributed by atoms with E-state index >= 15 is 0 Å². The van der Waals surface area contributed by atoms with Gasteiger partial charge in [-0.15, -0.1) is 0 Å². The lowest BCUT2D eigenvalue weighted by atomic mass is 10.1. The van der Waals surface area contributed by atoms with Gasteiger partial charge in [-0.1, -0.05) is 32.0 Å². The zero-order valence-corrected chi connectivity index (χ0v) is 15.4. The van der Waals surface area contributed by atoms with E-state index in [1.165, 1.54) is 11.1 Å². The first-order valence-electron chi connectivity index (χ1n) is 8.48. The summed E-state index contributed by atoms with van der Waals surface area (Å²) in [7, 11) is -3.54. The number of nitrogens with one attached hydrogen (secondary N) is 2. The molecule has 1 heterocycles. The molecule has 3 rings (SSSR count). The molecule has 25 heavy (non-hydrogen) atoms. The highest BCUT2D eigenvalue weighted by Gasteiger charge is 2.15. The van der Waals surface area contributed by atoms with Crippen LogP contribution in [0.5, 0.6) is 5.75 Å². The molecular weight excluding hydrogens is 336 g/mol. The summed E-state index contributed by atoms with van der Waals surface area (Å²) in [5.74, 6) is 1.10. The monoisotopic (exact) mass is 360 g/mol. The SMILES string of the molecule is CC(C)COc1ccc(S(=O)(=O)NCc2ccc3c(c2)CNC3)cc1. The number of ether oxygens (including phenoxy) is 1. The predicted octanol–water partition coefficient (Wildman–Crippen LogP) is 2.80. The maximum Gasteiger partial charge on any atom is 0.240 e. The zero-order chi connectivity index (χ0) is 17.9. The maximum absolute atomic E-state index is 12.5. The standard InChI is InChI=1S/C19H24N2O3S/c1-14(2)13-24-18-5-7-19(8-6-18)25(22,23)21-10-15-3-4-16-11-20-12-17(16)9-15/h3-9,14,20-21H,10-13H2,1-2H3. The Balaban J connectivity index is 1.63. The first-order chi connectivity index (χ1) is 11.9. The Kier molecular flexibility index (Phi) is 5.42. The lowest BCUT2D eigenvalue weighted by Crippen LogP contribution is -2.23. The molecule has 0 amide bonds. The second kappa shape index (κ2) is 7.56. The molecule has 0 aromatic heterocycles. The summed E-state index contributed by atoms with van der Waals surface area (Å²) in [6.07, 6.45) is 0. The van der Waals surface area contributed by atoms with Gasteiger partial charge in [-0.2, -0.15) is 0 Å². The van der Waals surface area contributed by atoms with Gasteiger partial charge in [0.05, 0.1) is 11.5 Å². The fourth-order valence-electron chi connectivity index (χ4n) is 2.70. The van der Waals surface area contributed by atoms with Gasteiger partial charge >= 0.3 is 0 Å². The first kappa shape index (κ1) is 17.9. The molecule has 0 atom stereocenters. The molecule has 1 aliphatic heterocycles. The van der Waals surface area contributed by atoms with Crippen LogP contribution in [0.1, 0.15) is 30.5 Å². The number of hydrogen-bond donors (Lipinski definition) is 2. The third kappa shape index (κ3) is 4.60. The molecule has 0 saturated carbocycles. The Morgan fingerprint density at radius 2 is 1.80 bits per heavy atom. The van der Waals surface area contributed by atoms with Gasteiger partial charge in [0, 0.05) is 19.6 Å². The number of sulfonamides is 1. The van der Waals surface area contributed by atoms with Gasteiger partial charge in [-0.05, 0) is 46.9 Å². The van der Waals surface area contributed by atoms with Gasteiger partial charge in [0.25, 0.3) is 0 Å². The molecule has 6 heteroatoms. The third-order valence-electron chi connectivity index (χ3n) is 4.09. The topological polar surface area (TPSA) is 67.4 Å². The van der Waals surface area contributed by atoms with Crippen molar-refractivity contribution in [3.63, 3.8) is 0 Å². The summed E-state index contributed by atoms with van der Waals surface area (Å²) in [6.45, 7) is 6.74. The maximum atomic E-state index is 12.5. The molecule has 2 aromatic carbocycles. The van der Waals surface area contributed by atoms with Crippen molar-refractivity contribution in [3.05, 3.63) is 59.2 Å². The average molecular weight is 360 g/mol. The van der Waals surface area contributed by atoms with Gasteiger partial charge in [0.15, 0.2) is 0 Å². The van der Waals surface area contributed by atoms with Crippen molar-refractivity contribution in [2.45, 2.75) is 38.4 Å². The molecule has 0 unspecified atom stereocenters. The Labute approximate surface area is 149 Å². The number of fused-ring (bicyclic) bond motifs is 1. The van der Waals surface area contributed by atoms with E-state index in [-0.39, 0.29) is 11.4 Å². The summed E-state index contributed by atoms with van der Waals surface area (Å²) in [6, 6.07) is 12.6. The Morgan fingerprint density at radius 1 is 1.08 bits per heavy atom. The Hall–Kier alpha value is -1.89. The predicted molar refractivity (Wildman–Crippen MR) is 97.8 cm³/mol. The highest BCUT2D eigenvalue weighted by molar-refractivity contribution is 7.89. The summed E-state index contributed by atoms with van der Waals surface area (Å²) in [5.41, 5.74) is 3.48. The molecular formula is C19H24N2O3S. The van der Waals surface area contributed by atoms with Crippen molar-refractivity contribution in [2.75, 3.05) is 6.61 Å². The summed E-state index contributed by atoms with van der Waals surface area (Å²) < 4.78 is 33.2. The van der Waals surface area contributed by atoms with E-state index in [1.54, 1.807) is 24.3 Å². The van der Waals surface area contributed by atoms with E-state index in [1.807, 2.05) is 6.07 Å². The molecule has 0 bridgehead atoms.